The van der Waals surface area contributed by atoms with E-state index in [1.54, 1.807) is 5.57 Å². The summed E-state index contributed by atoms with van der Waals surface area (Å²) >= 11 is 0. The summed E-state index contributed by atoms with van der Waals surface area (Å²) in [7, 11) is 0. The van der Waals surface area contributed by atoms with E-state index in [1.165, 1.54) is 18.4 Å². The number of rotatable bonds is 1. The van der Waals surface area contributed by atoms with Gasteiger partial charge in [-0.1, -0.05) is 57.2 Å². The zero-order valence-corrected chi connectivity index (χ0v) is 10.5. The Morgan fingerprint density at radius 2 is 1.75 bits per heavy atom. The van der Waals surface area contributed by atoms with Crippen LogP contribution in [0.25, 0.3) is 5.57 Å². The van der Waals surface area contributed by atoms with E-state index in [4.69, 9.17) is 0 Å². The molecule has 0 N–H and O–H groups in total. The van der Waals surface area contributed by atoms with E-state index in [0.29, 0.717) is 10.8 Å². The number of fused-ring (bicyclic) bond motifs is 2. The third kappa shape index (κ3) is 1.05. The number of benzene rings is 1. The zero-order valence-electron chi connectivity index (χ0n) is 10.5. The second-order valence-electron chi connectivity index (χ2n) is 6.15. The maximum absolute atomic E-state index is 2.54. The summed E-state index contributed by atoms with van der Waals surface area (Å²) in [5.74, 6) is 0.785. The predicted octanol–water partition coefficient (Wildman–Crippen LogP) is 4.53. The van der Waals surface area contributed by atoms with Crippen molar-refractivity contribution in [1.29, 1.82) is 0 Å². The molecule has 0 unspecified atom stereocenters. The van der Waals surface area contributed by atoms with Crippen molar-refractivity contribution in [3.05, 3.63) is 42.0 Å². The predicted molar refractivity (Wildman–Crippen MR) is 69.0 cm³/mol. The highest BCUT2D eigenvalue weighted by Crippen LogP contribution is 2.67. The molecule has 1 aromatic carbocycles. The lowest BCUT2D eigenvalue weighted by atomic mass is 9.66. The van der Waals surface area contributed by atoms with Crippen molar-refractivity contribution in [2.24, 2.45) is 16.7 Å². The molecule has 0 amide bonds. The third-order valence-electron chi connectivity index (χ3n) is 5.35. The van der Waals surface area contributed by atoms with Crippen LogP contribution in [0, 0.1) is 16.7 Å². The molecule has 2 bridgehead atoms. The normalized spacial score (nSPS) is 35.2. The molecule has 0 aromatic heterocycles. The topological polar surface area (TPSA) is 0 Å². The fraction of sp³-hybridized carbons (Fsp3) is 0.500. The van der Waals surface area contributed by atoms with E-state index in [0.717, 1.165) is 5.92 Å². The molecule has 1 fully saturated rings. The molecule has 1 aromatic rings. The van der Waals surface area contributed by atoms with Gasteiger partial charge in [0, 0.05) is 0 Å². The summed E-state index contributed by atoms with van der Waals surface area (Å²) in [6.45, 7) is 7.34. The van der Waals surface area contributed by atoms with Crippen molar-refractivity contribution in [3.63, 3.8) is 0 Å². The SMILES string of the molecule is CC1(C)[C@H]2C=C(c3ccccc3)[C@]1(C)CC2. The summed E-state index contributed by atoms with van der Waals surface area (Å²) in [6.07, 6.45) is 5.27. The van der Waals surface area contributed by atoms with Gasteiger partial charge in [-0.05, 0) is 40.7 Å². The van der Waals surface area contributed by atoms with Gasteiger partial charge in [0.05, 0.1) is 0 Å². The first-order valence-electron chi connectivity index (χ1n) is 6.33. The van der Waals surface area contributed by atoms with E-state index in [9.17, 15) is 0 Å². The lowest BCUT2D eigenvalue weighted by molar-refractivity contribution is 0.189. The van der Waals surface area contributed by atoms with Crippen LogP contribution >= 0.6 is 0 Å². The van der Waals surface area contributed by atoms with Crippen LogP contribution in [0.4, 0.5) is 0 Å². The van der Waals surface area contributed by atoms with E-state index in [1.807, 2.05) is 0 Å². The first kappa shape index (κ1) is 10.1. The molecule has 0 saturated heterocycles. The number of hydrogen-bond donors (Lipinski definition) is 0. The summed E-state index contributed by atoms with van der Waals surface area (Å²) in [5.41, 5.74) is 3.85. The van der Waals surface area contributed by atoms with Crippen LogP contribution in [0.2, 0.25) is 0 Å². The van der Waals surface area contributed by atoms with Gasteiger partial charge in [-0.15, -0.1) is 0 Å². The first-order valence-corrected chi connectivity index (χ1v) is 6.33. The highest BCUT2D eigenvalue weighted by atomic mass is 14.6. The van der Waals surface area contributed by atoms with Gasteiger partial charge in [0.1, 0.15) is 0 Å². The lowest BCUT2D eigenvalue weighted by Crippen LogP contribution is -2.29. The molecule has 3 rings (SSSR count). The van der Waals surface area contributed by atoms with Gasteiger partial charge in [0.15, 0.2) is 0 Å². The van der Waals surface area contributed by atoms with Gasteiger partial charge >= 0.3 is 0 Å². The summed E-state index contributed by atoms with van der Waals surface area (Å²) in [4.78, 5) is 0. The molecule has 0 aliphatic heterocycles. The lowest BCUT2D eigenvalue weighted by Gasteiger charge is -2.37. The molecule has 0 nitrogen and oxygen atoms in total. The van der Waals surface area contributed by atoms with Gasteiger partial charge in [-0.3, -0.25) is 0 Å². The Balaban J connectivity index is 2.10. The average Bonchev–Trinajstić information content (AvgIpc) is 2.62. The molecule has 0 radical (unpaired) electrons. The molecule has 2 aliphatic rings. The minimum absolute atomic E-state index is 0.388. The van der Waals surface area contributed by atoms with Crippen molar-refractivity contribution in [1.82, 2.24) is 0 Å². The largest absolute Gasteiger partial charge is 0.0765 e. The Hall–Kier alpha value is -1.04. The van der Waals surface area contributed by atoms with Crippen molar-refractivity contribution in [3.8, 4) is 0 Å². The molecule has 16 heavy (non-hydrogen) atoms. The van der Waals surface area contributed by atoms with Gasteiger partial charge < -0.3 is 0 Å². The molecule has 0 heterocycles. The van der Waals surface area contributed by atoms with Crippen LogP contribution in [0.5, 0.6) is 0 Å². The number of hydrogen-bond acceptors (Lipinski definition) is 0. The van der Waals surface area contributed by atoms with Gasteiger partial charge in [0.25, 0.3) is 0 Å². The van der Waals surface area contributed by atoms with Crippen LogP contribution in [-0.2, 0) is 0 Å². The molecule has 0 spiro atoms. The molecule has 84 valence electrons. The number of allylic oxidation sites excluding steroid dienone is 2. The Kier molecular flexibility index (Phi) is 1.90. The summed E-state index contributed by atoms with van der Waals surface area (Å²) in [5, 5.41) is 0. The minimum Gasteiger partial charge on any atom is -0.0765 e. The fourth-order valence-electron chi connectivity index (χ4n) is 3.73. The molecule has 0 heteroatoms. The van der Waals surface area contributed by atoms with E-state index >= 15 is 0 Å². The maximum Gasteiger partial charge on any atom is -0.00155 e. The molecule has 2 aliphatic carbocycles. The van der Waals surface area contributed by atoms with E-state index < -0.39 is 0 Å². The molecular weight excluding hydrogens is 192 g/mol. The van der Waals surface area contributed by atoms with Crippen molar-refractivity contribution < 1.29 is 0 Å². The second-order valence-corrected chi connectivity index (χ2v) is 6.15. The minimum atomic E-state index is 0.388. The standard InChI is InChI=1S/C16H20/c1-15(2)13-9-10-16(15,3)14(11-13)12-7-5-4-6-8-12/h4-8,11,13H,9-10H2,1-3H3/t13-,16+/m1/s1. The van der Waals surface area contributed by atoms with E-state index in [2.05, 4.69) is 57.2 Å². The molecule has 2 atom stereocenters. The van der Waals surface area contributed by atoms with Crippen LogP contribution in [-0.4, -0.2) is 0 Å². The Morgan fingerprint density at radius 1 is 1.06 bits per heavy atom. The quantitative estimate of drug-likeness (QED) is 0.641. The Morgan fingerprint density at radius 3 is 2.25 bits per heavy atom. The first-order chi connectivity index (χ1) is 7.56. The third-order valence-corrected chi connectivity index (χ3v) is 5.35. The van der Waals surface area contributed by atoms with Crippen molar-refractivity contribution in [2.75, 3.05) is 0 Å². The zero-order chi connectivity index (χ0) is 11.4. The van der Waals surface area contributed by atoms with Gasteiger partial charge in [-0.2, -0.15) is 0 Å². The van der Waals surface area contributed by atoms with Crippen molar-refractivity contribution >= 4 is 5.57 Å². The maximum atomic E-state index is 2.54. The Bertz CT molecular complexity index is 438. The van der Waals surface area contributed by atoms with Crippen LogP contribution in [0.15, 0.2) is 36.4 Å². The Labute approximate surface area is 98.4 Å². The molecule has 1 saturated carbocycles. The smallest absolute Gasteiger partial charge is 0.00155 e. The molecular formula is C16H20. The summed E-state index contributed by atoms with van der Waals surface area (Å²) < 4.78 is 0. The fourth-order valence-corrected chi connectivity index (χ4v) is 3.73. The van der Waals surface area contributed by atoms with Crippen LogP contribution < -0.4 is 0 Å². The van der Waals surface area contributed by atoms with Crippen molar-refractivity contribution in [2.45, 2.75) is 33.6 Å². The average molecular weight is 212 g/mol. The highest BCUT2D eigenvalue weighted by molar-refractivity contribution is 5.75. The van der Waals surface area contributed by atoms with E-state index in [-0.39, 0.29) is 0 Å². The summed E-state index contributed by atoms with van der Waals surface area (Å²) in [6, 6.07) is 10.9. The van der Waals surface area contributed by atoms with Crippen LogP contribution in [0.1, 0.15) is 39.2 Å². The highest BCUT2D eigenvalue weighted by Gasteiger charge is 2.56. The van der Waals surface area contributed by atoms with Crippen LogP contribution in [0.3, 0.4) is 0 Å². The van der Waals surface area contributed by atoms with Gasteiger partial charge in [-0.25, -0.2) is 0 Å². The second kappa shape index (κ2) is 3.00. The monoisotopic (exact) mass is 212 g/mol. The van der Waals surface area contributed by atoms with Gasteiger partial charge in [0.2, 0.25) is 0 Å².